The Morgan fingerprint density at radius 3 is 2.80 bits per heavy atom. The molecule has 7 unspecified atom stereocenters. The number of carbonyl (C=O) groups excluding carboxylic acids is 1. The Bertz CT molecular complexity index is 400. The van der Waals surface area contributed by atoms with Crippen molar-refractivity contribution < 1.29 is 9.53 Å². The molecule has 0 bridgehead atoms. The van der Waals surface area contributed by atoms with Crippen LogP contribution in [0.5, 0.6) is 0 Å². The summed E-state index contributed by atoms with van der Waals surface area (Å²) in [6.07, 6.45) is 6.33. The van der Waals surface area contributed by atoms with Gasteiger partial charge in [-0.15, -0.1) is 0 Å². The van der Waals surface area contributed by atoms with Gasteiger partial charge in [-0.25, -0.2) is 0 Å². The first-order valence-electron chi connectivity index (χ1n) is 8.34. The quantitative estimate of drug-likeness (QED) is 0.750. The fourth-order valence-electron chi connectivity index (χ4n) is 5.59. The van der Waals surface area contributed by atoms with E-state index in [1.807, 2.05) is 7.11 Å². The topological polar surface area (TPSA) is 50.4 Å². The SMILES string of the molecule is COC1CNC2C3CCCCC3C(=O)C3NCCC1C32. The highest BCUT2D eigenvalue weighted by Crippen LogP contribution is 2.47. The first-order valence-corrected chi connectivity index (χ1v) is 8.34. The molecule has 0 spiro atoms. The first-order chi connectivity index (χ1) is 9.81. The normalized spacial score (nSPS) is 51.2. The van der Waals surface area contributed by atoms with E-state index in [4.69, 9.17) is 4.74 Å². The third-order valence-electron chi connectivity index (χ3n) is 6.42. The Labute approximate surface area is 121 Å². The van der Waals surface area contributed by atoms with Crippen molar-refractivity contribution in [2.24, 2.45) is 23.7 Å². The lowest BCUT2D eigenvalue weighted by Gasteiger charge is -2.57. The van der Waals surface area contributed by atoms with Gasteiger partial charge in [-0.1, -0.05) is 12.8 Å². The van der Waals surface area contributed by atoms with Crippen LogP contribution in [0.2, 0.25) is 0 Å². The smallest absolute Gasteiger partial charge is 0.153 e. The van der Waals surface area contributed by atoms with E-state index >= 15 is 0 Å². The molecule has 7 atom stereocenters. The van der Waals surface area contributed by atoms with Gasteiger partial charge < -0.3 is 15.4 Å². The van der Waals surface area contributed by atoms with E-state index in [2.05, 4.69) is 10.6 Å². The van der Waals surface area contributed by atoms with Gasteiger partial charge in [0.15, 0.2) is 5.78 Å². The lowest BCUT2D eigenvalue weighted by atomic mass is 9.56. The van der Waals surface area contributed by atoms with Crippen molar-refractivity contribution in [1.82, 2.24) is 10.6 Å². The summed E-state index contributed by atoms with van der Waals surface area (Å²) in [4.78, 5) is 12.9. The van der Waals surface area contributed by atoms with Crippen LogP contribution in [0.1, 0.15) is 32.1 Å². The van der Waals surface area contributed by atoms with Crippen LogP contribution in [0.15, 0.2) is 0 Å². The summed E-state index contributed by atoms with van der Waals surface area (Å²) in [5.41, 5.74) is 0. The molecular weight excluding hydrogens is 252 g/mol. The monoisotopic (exact) mass is 278 g/mol. The van der Waals surface area contributed by atoms with E-state index in [0.717, 1.165) is 25.9 Å². The maximum Gasteiger partial charge on any atom is 0.153 e. The minimum Gasteiger partial charge on any atom is -0.380 e. The van der Waals surface area contributed by atoms with Crippen molar-refractivity contribution in [3.63, 3.8) is 0 Å². The van der Waals surface area contributed by atoms with Crippen molar-refractivity contribution in [2.45, 2.75) is 50.3 Å². The number of nitrogens with one attached hydrogen (secondary N) is 2. The maximum atomic E-state index is 12.9. The Kier molecular flexibility index (Phi) is 3.36. The fourth-order valence-corrected chi connectivity index (χ4v) is 5.59. The molecule has 20 heavy (non-hydrogen) atoms. The Morgan fingerprint density at radius 1 is 1.10 bits per heavy atom. The molecule has 4 aliphatic rings. The summed E-state index contributed by atoms with van der Waals surface area (Å²) in [6, 6.07) is 0.621. The summed E-state index contributed by atoms with van der Waals surface area (Å²) in [7, 11) is 1.82. The van der Waals surface area contributed by atoms with E-state index in [-0.39, 0.29) is 12.1 Å². The van der Waals surface area contributed by atoms with Gasteiger partial charge in [0.2, 0.25) is 0 Å². The van der Waals surface area contributed by atoms with E-state index in [9.17, 15) is 4.79 Å². The number of Topliss-reactive ketones (excluding diaryl/α,β-unsaturated/α-hetero) is 1. The van der Waals surface area contributed by atoms with Crippen LogP contribution < -0.4 is 10.6 Å². The lowest BCUT2D eigenvalue weighted by Crippen LogP contribution is -2.71. The molecule has 2 saturated carbocycles. The lowest BCUT2D eigenvalue weighted by molar-refractivity contribution is -0.145. The van der Waals surface area contributed by atoms with Crippen molar-refractivity contribution in [3.8, 4) is 0 Å². The third kappa shape index (κ3) is 1.81. The molecule has 2 saturated heterocycles. The number of hydrogen-bond acceptors (Lipinski definition) is 4. The van der Waals surface area contributed by atoms with Crippen molar-refractivity contribution >= 4 is 5.78 Å². The summed E-state index contributed by atoms with van der Waals surface area (Å²) >= 11 is 0. The van der Waals surface area contributed by atoms with E-state index < -0.39 is 0 Å². The van der Waals surface area contributed by atoms with Crippen molar-refractivity contribution in [2.75, 3.05) is 20.2 Å². The zero-order valence-corrected chi connectivity index (χ0v) is 12.3. The second kappa shape index (κ2) is 5.08. The van der Waals surface area contributed by atoms with Crippen LogP contribution in [0.25, 0.3) is 0 Å². The fraction of sp³-hybridized carbons (Fsp3) is 0.938. The minimum atomic E-state index is 0.0866. The number of piperidine rings is 2. The average molecular weight is 278 g/mol. The molecule has 0 aromatic carbocycles. The van der Waals surface area contributed by atoms with E-state index in [1.165, 1.54) is 19.3 Å². The molecule has 2 heterocycles. The van der Waals surface area contributed by atoms with Crippen LogP contribution in [0, 0.1) is 23.7 Å². The van der Waals surface area contributed by atoms with Gasteiger partial charge in [0, 0.05) is 31.5 Å². The van der Waals surface area contributed by atoms with E-state index in [0.29, 0.717) is 35.5 Å². The van der Waals surface area contributed by atoms with Crippen molar-refractivity contribution in [3.05, 3.63) is 0 Å². The predicted molar refractivity (Wildman–Crippen MR) is 76.4 cm³/mol. The molecule has 4 nitrogen and oxygen atoms in total. The molecule has 4 fully saturated rings. The van der Waals surface area contributed by atoms with Crippen LogP contribution in [-0.4, -0.2) is 44.2 Å². The van der Waals surface area contributed by atoms with Crippen LogP contribution >= 0.6 is 0 Å². The Morgan fingerprint density at radius 2 is 1.95 bits per heavy atom. The molecule has 2 N–H and O–H groups in total. The molecule has 2 aliphatic carbocycles. The molecule has 4 rings (SSSR count). The summed E-state index contributed by atoms with van der Waals surface area (Å²) in [6.45, 7) is 1.94. The molecule has 2 aliphatic heterocycles. The minimum absolute atomic E-state index is 0.0866. The Hall–Kier alpha value is -0.450. The summed E-state index contributed by atoms with van der Waals surface area (Å²) in [5.74, 6) is 2.42. The van der Waals surface area contributed by atoms with Crippen LogP contribution in [0.3, 0.4) is 0 Å². The Balaban J connectivity index is 1.68. The van der Waals surface area contributed by atoms with Gasteiger partial charge in [0.1, 0.15) is 0 Å². The molecular formula is C16H26N2O2. The molecule has 0 amide bonds. The number of hydrogen-bond donors (Lipinski definition) is 2. The number of ketones is 1. The predicted octanol–water partition coefficient (Wildman–Crippen LogP) is 0.957. The highest BCUT2D eigenvalue weighted by Gasteiger charge is 2.56. The van der Waals surface area contributed by atoms with Gasteiger partial charge in [-0.3, -0.25) is 4.79 Å². The molecule has 4 heteroatoms. The molecule has 0 aromatic heterocycles. The van der Waals surface area contributed by atoms with Crippen molar-refractivity contribution in [1.29, 1.82) is 0 Å². The van der Waals surface area contributed by atoms with Gasteiger partial charge >= 0.3 is 0 Å². The zero-order valence-electron chi connectivity index (χ0n) is 12.3. The van der Waals surface area contributed by atoms with Crippen LogP contribution in [0.4, 0.5) is 0 Å². The number of fused-ring (bicyclic) bond motifs is 2. The van der Waals surface area contributed by atoms with Gasteiger partial charge in [0.25, 0.3) is 0 Å². The molecule has 0 radical (unpaired) electrons. The third-order valence-corrected chi connectivity index (χ3v) is 6.42. The highest BCUT2D eigenvalue weighted by molar-refractivity contribution is 5.88. The number of ether oxygens (including phenoxy) is 1. The largest absolute Gasteiger partial charge is 0.380 e. The van der Waals surface area contributed by atoms with Gasteiger partial charge in [0.05, 0.1) is 12.1 Å². The second-order valence-corrected chi connectivity index (χ2v) is 7.13. The first kappa shape index (κ1) is 13.2. The standard InChI is InChI=1S/C16H26N2O2/c1-20-12-8-18-14-9-4-2-3-5-10(9)16(19)15-13(14)11(12)6-7-17-15/h9-15,17-18H,2-8H2,1H3. The average Bonchev–Trinajstić information content (AvgIpc) is 2.52. The van der Waals surface area contributed by atoms with Crippen LogP contribution in [-0.2, 0) is 9.53 Å². The molecule has 112 valence electrons. The number of rotatable bonds is 1. The summed E-state index contributed by atoms with van der Waals surface area (Å²) in [5, 5.41) is 7.29. The van der Waals surface area contributed by atoms with E-state index in [1.54, 1.807) is 0 Å². The molecule has 0 aromatic rings. The van der Waals surface area contributed by atoms with Gasteiger partial charge in [-0.2, -0.15) is 0 Å². The number of carbonyl (C=O) groups is 1. The van der Waals surface area contributed by atoms with Gasteiger partial charge in [-0.05, 0) is 37.6 Å². The maximum absolute atomic E-state index is 12.9. The highest BCUT2D eigenvalue weighted by atomic mass is 16.5. The zero-order chi connectivity index (χ0) is 13.7. The second-order valence-electron chi connectivity index (χ2n) is 7.13. The summed E-state index contributed by atoms with van der Waals surface area (Å²) < 4.78 is 5.70. The number of methoxy groups -OCH3 is 1.